The molecule has 2 aromatic rings. The lowest BCUT2D eigenvalue weighted by Gasteiger charge is -2.20. The average molecular weight is 526 g/mol. The van der Waals surface area contributed by atoms with Gasteiger partial charge in [-0.25, -0.2) is 4.98 Å². The largest absolute Gasteiger partial charge is 0.357 e. The van der Waals surface area contributed by atoms with Crippen LogP contribution in [0.3, 0.4) is 0 Å². The summed E-state index contributed by atoms with van der Waals surface area (Å²) in [7, 11) is 0. The Labute approximate surface area is 196 Å². The Morgan fingerprint density at radius 1 is 1.13 bits per heavy atom. The molecule has 1 saturated heterocycles. The molecule has 1 aliphatic heterocycles. The van der Waals surface area contributed by atoms with Gasteiger partial charge in [0.05, 0.1) is 17.4 Å². The highest BCUT2D eigenvalue weighted by atomic mass is 127. The Hall–Kier alpha value is -1.84. The number of guanidine groups is 1. The van der Waals surface area contributed by atoms with Crippen molar-refractivity contribution < 1.29 is 4.79 Å². The third-order valence-corrected chi connectivity index (χ3v) is 5.27. The monoisotopic (exact) mass is 526 g/mol. The van der Waals surface area contributed by atoms with Gasteiger partial charge in [0.1, 0.15) is 0 Å². The van der Waals surface area contributed by atoms with Crippen molar-refractivity contribution in [1.82, 2.24) is 25.1 Å². The highest BCUT2D eigenvalue weighted by Crippen LogP contribution is 2.12. The van der Waals surface area contributed by atoms with Crippen LogP contribution in [0, 0.1) is 0 Å². The van der Waals surface area contributed by atoms with Crippen molar-refractivity contribution in [3.8, 4) is 0 Å². The minimum absolute atomic E-state index is 0. The zero-order chi connectivity index (χ0) is 20.3. The fraction of sp³-hybridized carbons (Fsp3) is 0.591. The van der Waals surface area contributed by atoms with Crippen LogP contribution < -0.4 is 10.6 Å². The Kier molecular flexibility index (Phi) is 11.0. The van der Waals surface area contributed by atoms with E-state index >= 15 is 0 Å². The van der Waals surface area contributed by atoms with E-state index in [1.165, 1.54) is 11.9 Å². The molecule has 0 unspecified atom stereocenters. The van der Waals surface area contributed by atoms with Crippen molar-refractivity contribution in [1.29, 1.82) is 0 Å². The summed E-state index contributed by atoms with van der Waals surface area (Å²) in [6.45, 7) is 7.13. The van der Waals surface area contributed by atoms with Gasteiger partial charge in [-0.2, -0.15) is 0 Å². The van der Waals surface area contributed by atoms with E-state index in [0.717, 1.165) is 76.4 Å². The van der Waals surface area contributed by atoms with Gasteiger partial charge in [-0.3, -0.25) is 9.79 Å². The number of amides is 1. The third-order valence-electron chi connectivity index (χ3n) is 5.27. The number of aromatic nitrogens is 2. The first-order chi connectivity index (χ1) is 14.3. The number of nitrogens with zero attached hydrogens (tertiary/aromatic N) is 4. The molecule has 1 aromatic heterocycles. The lowest BCUT2D eigenvalue weighted by molar-refractivity contribution is -0.130. The predicted molar refractivity (Wildman–Crippen MR) is 133 cm³/mol. The lowest BCUT2D eigenvalue weighted by atomic mass is 10.2. The maximum Gasteiger partial charge on any atom is 0.222 e. The average Bonchev–Trinajstić information content (AvgIpc) is 3.03. The summed E-state index contributed by atoms with van der Waals surface area (Å²) in [4.78, 5) is 23.2. The topological polar surface area (TPSA) is 74.6 Å². The number of carbonyl (C=O) groups is 1. The van der Waals surface area contributed by atoms with Crippen LogP contribution in [0.15, 0.2) is 35.6 Å². The molecule has 0 atom stereocenters. The van der Waals surface area contributed by atoms with E-state index < -0.39 is 0 Å². The molecule has 0 spiro atoms. The fourth-order valence-electron chi connectivity index (χ4n) is 3.71. The minimum Gasteiger partial charge on any atom is -0.357 e. The van der Waals surface area contributed by atoms with Gasteiger partial charge >= 0.3 is 0 Å². The second-order valence-electron chi connectivity index (χ2n) is 7.51. The number of hydrogen-bond acceptors (Lipinski definition) is 3. The molecule has 2 heterocycles. The second-order valence-corrected chi connectivity index (χ2v) is 7.51. The third kappa shape index (κ3) is 7.45. The molecule has 2 N–H and O–H groups in total. The van der Waals surface area contributed by atoms with Crippen molar-refractivity contribution in [3.05, 3.63) is 30.6 Å². The highest BCUT2D eigenvalue weighted by Gasteiger charge is 2.15. The molecule has 1 aliphatic rings. The number of aliphatic imine (C=N–C) groups is 1. The molecule has 7 nitrogen and oxygen atoms in total. The zero-order valence-corrected chi connectivity index (χ0v) is 20.3. The van der Waals surface area contributed by atoms with E-state index in [9.17, 15) is 4.79 Å². The first kappa shape index (κ1) is 24.4. The number of carbonyl (C=O) groups excluding carboxylic acids is 1. The van der Waals surface area contributed by atoms with E-state index in [1.807, 2.05) is 29.4 Å². The van der Waals surface area contributed by atoms with Gasteiger partial charge in [0.2, 0.25) is 5.91 Å². The summed E-state index contributed by atoms with van der Waals surface area (Å²) in [6, 6.07) is 8.21. The SMILES string of the molecule is CCNC(=NCCCN1CCCCCC1=O)NCCCn1cnc2ccccc21.I. The molecule has 166 valence electrons. The molecule has 1 fully saturated rings. The van der Waals surface area contributed by atoms with Crippen LogP contribution in [0.2, 0.25) is 0 Å². The molecule has 8 heteroatoms. The van der Waals surface area contributed by atoms with Crippen molar-refractivity contribution in [2.75, 3.05) is 32.7 Å². The quantitative estimate of drug-likeness (QED) is 0.228. The number of hydrogen-bond donors (Lipinski definition) is 2. The Morgan fingerprint density at radius 3 is 2.87 bits per heavy atom. The van der Waals surface area contributed by atoms with Gasteiger partial charge in [-0.1, -0.05) is 18.6 Å². The number of imidazole rings is 1. The van der Waals surface area contributed by atoms with Gasteiger partial charge < -0.3 is 20.1 Å². The van der Waals surface area contributed by atoms with Crippen LogP contribution in [0.5, 0.6) is 0 Å². The maximum absolute atomic E-state index is 12.1. The standard InChI is InChI=1S/C22H34N6O.HI/c1-2-23-22(24-13-8-16-27-15-7-3-4-12-21(27)29)25-14-9-17-28-18-26-19-10-5-6-11-20(19)28;/h5-6,10-11,18H,2-4,7-9,12-17H2,1H3,(H2,23,24,25);1H. The summed E-state index contributed by atoms with van der Waals surface area (Å²) in [5, 5.41) is 6.72. The molecule has 3 rings (SSSR count). The maximum atomic E-state index is 12.1. The summed E-state index contributed by atoms with van der Waals surface area (Å²) >= 11 is 0. The molecule has 1 aromatic carbocycles. The lowest BCUT2D eigenvalue weighted by Crippen LogP contribution is -2.38. The predicted octanol–water partition coefficient (Wildman–Crippen LogP) is 3.39. The molecular formula is C22H35IN6O. The smallest absolute Gasteiger partial charge is 0.222 e. The Morgan fingerprint density at radius 2 is 2.00 bits per heavy atom. The van der Waals surface area contributed by atoms with Crippen molar-refractivity contribution in [2.24, 2.45) is 4.99 Å². The van der Waals surface area contributed by atoms with E-state index in [0.29, 0.717) is 12.3 Å². The molecule has 0 radical (unpaired) electrons. The summed E-state index contributed by atoms with van der Waals surface area (Å²) in [6.07, 6.45) is 7.86. The van der Waals surface area contributed by atoms with Crippen LogP contribution in [-0.4, -0.2) is 59.0 Å². The number of likely N-dealkylation sites (tertiary alicyclic amines) is 1. The van der Waals surface area contributed by atoms with E-state index in [-0.39, 0.29) is 24.0 Å². The van der Waals surface area contributed by atoms with E-state index in [2.05, 4.69) is 38.2 Å². The molecule has 0 saturated carbocycles. The van der Waals surface area contributed by atoms with Crippen LogP contribution in [0.1, 0.15) is 45.4 Å². The Balaban J connectivity index is 0.00000320. The van der Waals surface area contributed by atoms with Crippen molar-refractivity contribution in [3.63, 3.8) is 0 Å². The number of benzene rings is 1. The fourth-order valence-corrected chi connectivity index (χ4v) is 3.71. The normalized spacial score (nSPS) is 15.0. The molecular weight excluding hydrogens is 491 g/mol. The number of aryl methyl sites for hydroxylation is 1. The summed E-state index contributed by atoms with van der Waals surface area (Å²) < 4.78 is 2.19. The second kappa shape index (κ2) is 13.5. The molecule has 0 bridgehead atoms. The Bertz CT molecular complexity index is 806. The minimum atomic E-state index is 0. The first-order valence-electron chi connectivity index (χ1n) is 11.0. The van der Waals surface area contributed by atoms with Crippen molar-refractivity contribution in [2.45, 2.75) is 52.0 Å². The van der Waals surface area contributed by atoms with Gasteiger partial charge in [0, 0.05) is 45.7 Å². The molecule has 0 aliphatic carbocycles. The number of rotatable bonds is 9. The highest BCUT2D eigenvalue weighted by molar-refractivity contribution is 14.0. The van der Waals surface area contributed by atoms with Crippen LogP contribution in [-0.2, 0) is 11.3 Å². The van der Waals surface area contributed by atoms with Gasteiger partial charge in [-0.15, -0.1) is 24.0 Å². The van der Waals surface area contributed by atoms with Crippen LogP contribution in [0.25, 0.3) is 11.0 Å². The molecule has 30 heavy (non-hydrogen) atoms. The van der Waals surface area contributed by atoms with E-state index in [4.69, 9.17) is 0 Å². The number of para-hydroxylation sites is 2. The number of fused-ring (bicyclic) bond motifs is 1. The van der Waals surface area contributed by atoms with Crippen LogP contribution >= 0.6 is 24.0 Å². The number of nitrogens with one attached hydrogen (secondary N) is 2. The van der Waals surface area contributed by atoms with Gasteiger partial charge in [-0.05, 0) is 44.7 Å². The number of halogens is 1. The zero-order valence-electron chi connectivity index (χ0n) is 18.0. The van der Waals surface area contributed by atoms with Gasteiger partial charge in [0.15, 0.2) is 5.96 Å². The summed E-state index contributed by atoms with van der Waals surface area (Å²) in [5.74, 6) is 1.16. The van der Waals surface area contributed by atoms with Crippen molar-refractivity contribution >= 4 is 46.9 Å². The van der Waals surface area contributed by atoms with Crippen LogP contribution in [0.4, 0.5) is 0 Å². The van der Waals surface area contributed by atoms with E-state index in [1.54, 1.807) is 0 Å². The summed E-state index contributed by atoms with van der Waals surface area (Å²) in [5.41, 5.74) is 2.22. The van der Waals surface area contributed by atoms with Gasteiger partial charge in [0.25, 0.3) is 0 Å². The first-order valence-corrected chi connectivity index (χ1v) is 11.0. The molecule has 1 amide bonds.